The lowest BCUT2D eigenvalue weighted by molar-refractivity contribution is 0.00489. The van der Waals surface area contributed by atoms with Crippen molar-refractivity contribution in [3.05, 3.63) is 29.3 Å². The van der Waals surface area contributed by atoms with Gasteiger partial charge < -0.3 is 9.47 Å². The zero-order chi connectivity index (χ0) is 8.55. The molecule has 0 atom stereocenters. The molecule has 3 nitrogen and oxygen atoms in total. The van der Waals surface area contributed by atoms with Crippen molar-refractivity contribution in [2.45, 2.75) is 6.92 Å². The lowest BCUT2D eigenvalue weighted by Gasteiger charge is -2.16. The number of carbonyl (C=O) groups is 1. The monoisotopic (exact) mass is 164 g/mol. The SMILES string of the molecule is Cc1ccc2c(c1)C(=O)OCO2. The maximum Gasteiger partial charge on any atom is 0.344 e. The first kappa shape index (κ1) is 7.16. The molecule has 12 heavy (non-hydrogen) atoms. The van der Waals surface area contributed by atoms with Crippen molar-refractivity contribution in [2.75, 3.05) is 6.79 Å². The number of benzene rings is 1. The molecule has 0 fully saturated rings. The van der Waals surface area contributed by atoms with E-state index in [0.29, 0.717) is 11.3 Å². The highest BCUT2D eigenvalue weighted by atomic mass is 16.7. The molecule has 1 aromatic rings. The first-order valence-corrected chi connectivity index (χ1v) is 3.68. The number of cyclic esters (lactones) is 1. The number of ether oxygens (including phenoxy) is 2. The van der Waals surface area contributed by atoms with Crippen LogP contribution in [0.5, 0.6) is 5.75 Å². The van der Waals surface area contributed by atoms with E-state index in [2.05, 4.69) is 0 Å². The molecule has 1 aromatic carbocycles. The lowest BCUT2D eigenvalue weighted by Crippen LogP contribution is -2.18. The van der Waals surface area contributed by atoms with Crippen LogP contribution in [0.25, 0.3) is 0 Å². The second kappa shape index (κ2) is 2.52. The van der Waals surface area contributed by atoms with E-state index in [9.17, 15) is 4.79 Å². The molecule has 0 N–H and O–H groups in total. The topological polar surface area (TPSA) is 35.5 Å². The Morgan fingerprint density at radius 1 is 1.33 bits per heavy atom. The number of rotatable bonds is 0. The van der Waals surface area contributed by atoms with Crippen LogP contribution >= 0.6 is 0 Å². The molecule has 0 bridgehead atoms. The molecule has 62 valence electrons. The van der Waals surface area contributed by atoms with Gasteiger partial charge in [-0.2, -0.15) is 0 Å². The van der Waals surface area contributed by atoms with Crippen molar-refractivity contribution in [2.24, 2.45) is 0 Å². The summed E-state index contributed by atoms with van der Waals surface area (Å²) in [5, 5.41) is 0. The zero-order valence-electron chi connectivity index (χ0n) is 6.66. The standard InChI is InChI=1S/C9H8O3/c1-6-2-3-8-7(4-6)9(10)12-5-11-8/h2-4H,5H2,1H3. The molecule has 0 radical (unpaired) electrons. The van der Waals surface area contributed by atoms with Crippen LogP contribution in [-0.2, 0) is 4.74 Å². The highest BCUT2D eigenvalue weighted by Crippen LogP contribution is 2.23. The third-order valence-electron chi connectivity index (χ3n) is 1.76. The molecule has 0 saturated carbocycles. The Kier molecular flexibility index (Phi) is 1.50. The Bertz CT molecular complexity index is 331. The van der Waals surface area contributed by atoms with Crippen LogP contribution in [0.4, 0.5) is 0 Å². The van der Waals surface area contributed by atoms with Gasteiger partial charge in [0, 0.05) is 0 Å². The molecule has 1 heterocycles. The molecule has 0 amide bonds. The average Bonchev–Trinajstić information content (AvgIpc) is 2.07. The first-order valence-electron chi connectivity index (χ1n) is 3.68. The lowest BCUT2D eigenvalue weighted by atomic mass is 10.1. The molecule has 0 unspecified atom stereocenters. The van der Waals surface area contributed by atoms with Gasteiger partial charge in [-0.15, -0.1) is 0 Å². The van der Waals surface area contributed by atoms with Gasteiger partial charge in [0.1, 0.15) is 11.3 Å². The summed E-state index contributed by atoms with van der Waals surface area (Å²) in [5.41, 5.74) is 1.54. The summed E-state index contributed by atoms with van der Waals surface area (Å²) in [6.07, 6.45) is 0. The van der Waals surface area contributed by atoms with Gasteiger partial charge in [-0.25, -0.2) is 4.79 Å². The zero-order valence-corrected chi connectivity index (χ0v) is 6.66. The Morgan fingerprint density at radius 2 is 2.17 bits per heavy atom. The van der Waals surface area contributed by atoms with E-state index < -0.39 is 0 Å². The van der Waals surface area contributed by atoms with Crippen LogP contribution in [-0.4, -0.2) is 12.8 Å². The van der Waals surface area contributed by atoms with Crippen molar-refractivity contribution in [1.82, 2.24) is 0 Å². The van der Waals surface area contributed by atoms with Crippen LogP contribution in [0.3, 0.4) is 0 Å². The van der Waals surface area contributed by atoms with Crippen molar-refractivity contribution in [3.8, 4) is 5.75 Å². The molecule has 1 aliphatic heterocycles. The number of hydrogen-bond acceptors (Lipinski definition) is 3. The van der Waals surface area contributed by atoms with Gasteiger partial charge in [0.2, 0.25) is 6.79 Å². The minimum atomic E-state index is -0.306. The van der Waals surface area contributed by atoms with Crippen molar-refractivity contribution >= 4 is 5.97 Å². The Labute approximate surface area is 69.9 Å². The molecular weight excluding hydrogens is 156 g/mol. The molecule has 0 aromatic heterocycles. The van der Waals surface area contributed by atoms with Gasteiger partial charge in [0.25, 0.3) is 0 Å². The van der Waals surface area contributed by atoms with Gasteiger partial charge in [-0.05, 0) is 19.1 Å². The molecule has 0 spiro atoms. The van der Waals surface area contributed by atoms with E-state index in [1.165, 1.54) is 0 Å². The van der Waals surface area contributed by atoms with Gasteiger partial charge >= 0.3 is 5.97 Å². The van der Waals surface area contributed by atoms with Crippen LogP contribution in [0.2, 0.25) is 0 Å². The third kappa shape index (κ3) is 1.03. The quantitative estimate of drug-likeness (QED) is 0.545. The molecule has 1 aliphatic rings. The predicted octanol–water partition coefficient (Wildman–Crippen LogP) is 1.50. The predicted molar refractivity (Wildman–Crippen MR) is 42.1 cm³/mol. The summed E-state index contributed by atoms with van der Waals surface area (Å²) in [4.78, 5) is 11.1. The van der Waals surface area contributed by atoms with E-state index in [4.69, 9.17) is 9.47 Å². The van der Waals surface area contributed by atoms with Crippen LogP contribution in [0, 0.1) is 6.92 Å². The first-order chi connectivity index (χ1) is 5.77. The number of fused-ring (bicyclic) bond motifs is 1. The highest BCUT2D eigenvalue weighted by Gasteiger charge is 2.18. The van der Waals surface area contributed by atoms with Crippen molar-refractivity contribution in [1.29, 1.82) is 0 Å². The maximum atomic E-state index is 11.1. The van der Waals surface area contributed by atoms with E-state index >= 15 is 0 Å². The van der Waals surface area contributed by atoms with Crippen LogP contribution < -0.4 is 4.74 Å². The fourth-order valence-corrected chi connectivity index (χ4v) is 1.15. The van der Waals surface area contributed by atoms with E-state index in [0.717, 1.165) is 5.56 Å². The summed E-state index contributed by atoms with van der Waals surface area (Å²) in [5.74, 6) is 0.303. The molecule has 2 rings (SSSR count). The molecular formula is C9H8O3. The van der Waals surface area contributed by atoms with Crippen LogP contribution in [0.1, 0.15) is 15.9 Å². The van der Waals surface area contributed by atoms with Crippen molar-refractivity contribution in [3.63, 3.8) is 0 Å². The Balaban J connectivity index is 2.54. The average molecular weight is 164 g/mol. The number of carbonyl (C=O) groups excluding carboxylic acids is 1. The van der Waals surface area contributed by atoms with Gasteiger partial charge in [0.15, 0.2) is 0 Å². The second-order valence-corrected chi connectivity index (χ2v) is 2.69. The summed E-state index contributed by atoms with van der Waals surface area (Å²) in [6.45, 7) is 1.94. The number of aryl methyl sites for hydroxylation is 1. The van der Waals surface area contributed by atoms with Gasteiger partial charge in [0.05, 0.1) is 0 Å². The Hall–Kier alpha value is -1.51. The van der Waals surface area contributed by atoms with E-state index in [1.54, 1.807) is 12.1 Å². The summed E-state index contributed by atoms with van der Waals surface area (Å²) >= 11 is 0. The second-order valence-electron chi connectivity index (χ2n) is 2.69. The number of hydrogen-bond donors (Lipinski definition) is 0. The normalized spacial score (nSPS) is 14.6. The summed E-state index contributed by atoms with van der Waals surface area (Å²) < 4.78 is 9.80. The minimum absolute atomic E-state index is 0.0227. The van der Waals surface area contributed by atoms with E-state index in [1.807, 2.05) is 13.0 Å². The van der Waals surface area contributed by atoms with Gasteiger partial charge in [-0.1, -0.05) is 11.6 Å². The third-order valence-corrected chi connectivity index (χ3v) is 1.76. The summed E-state index contributed by atoms with van der Waals surface area (Å²) in [7, 11) is 0. The van der Waals surface area contributed by atoms with Crippen molar-refractivity contribution < 1.29 is 14.3 Å². The Morgan fingerprint density at radius 3 is 3.00 bits per heavy atom. The van der Waals surface area contributed by atoms with E-state index in [-0.39, 0.29) is 12.8 Å². The van der Waals surface area contributed by atoms with Gasteiger partial charge in [-0.3, -0.25) is 0 Å². The fourth-order valence-electron chi connectivity index (χ4n) is 1.15. The smallest absolute Gasteiger partial charge is 0.344 e. The largest absolute Gasteiger partial charge is 0.456 e. The highest BCUT2D eigenvalue weighted by molar-refractivity contribution is 5.93. The molecule has 0 saturated heterocycles. The maximum absolute atomic E-state index is 11.1. The molecule has 0 aliphatic carbocycles. The summed E-state index contributed by atoms with van der Waals surface area (Å²) in [6, 6.07) is 5.44. The number of esters is 1. The minimum Gasteiger partial charge on any atom is -0.456 e. The fraction of sp³-hybridized carbons (Fsp3) is 0.222. The molecule has 3 heteroatoms. The van der Waals surface area contributed by atoms with Crippen LogP contribution in [0.15, 0.2) is 18.2 Å².